The molecular weight excluding hydrogens is 322 g/mol. The number of nitrogens with one attached hydrogen (secondary N) is 2. The summed E-state index contributed by atoms with van der Waals surface area (Å²) in [6.45, 7) is 0. The number of hydrazone groups is 1. The predicted octanol–water partition coefficient (Wildman–Crippen LogP) is 1.61. The molecule has 0 aliphatic heterocycles. The molecule has 0 bridgehead atoms. The van der Waals surface area contributed by atoms with E-state index in [4.69, 9.17) is 0 Å². The topological polar surface area (TPSA) is 123 Å². The van der Waals surface area contributed by atoms with Crippen LogP contribution in [0.3, 0.4) is 0 Å². The molecule has 8 heteroatoms. The molecule has 126 valence electrons. The molecular formula is C17H15N5O3. The Balaban J connectivity index is 1.68. The van der Waals surface area contributed by atoms with Crippen LogP contribution in [0.2, 0.25) is 0 Å². The van der Waals surface area contributed by atoms with Crippen LogP contribution in [0.25, 0.3) is 0 Å². The van der Waals surface area contributed by atoms with Crippen molar-refractivity contribution in [2.24, 2.45) is 5.10 Å². The predicted molar refractivity (Wildman–Crippen MR) is 92.9 cm³/mol. The summed E-state index contributed by atoms with van der Waals surface area (Å²) in [4.78, 5) is 14.6. The summed E-state index contributed by atoms with van der Waals surface area (Å²) in [6, 6.07) is 13.6. The second-order valence-corrected chi connectivity index (χ2v) is 5.22. The molecule has 8 nitrogen and oxygen atoms in total. The largest absolute Gasteiger partial charge is 0.508 e. The lowest BCUT2D eigenvalue weighted by atomic mass is 10.1. The molecule has 0 amide bonds. The van der Waals surface area contributed by atoms with Crippen molar-refractivity contribution in [3.05, 3.63) is 75.7 Å². The molecule has 0 fully saturated rings. The molecule has 4 N–H and O–H groups in total. The first-order valence-corrected chi connectivity index (χ1v) is 7.42. The van der Waals surface area contributed by atoms with E-state index in [1.54, 1.807) is 0 Å². The second-order valence-electron chi connectivity index (χ2n) is 5.22. The number of benzene rings is 2. The van der Waals surface area contributed by atoms with E-state index in [1.165, 1.54) is 24.4 Å². The van der Waals surface area contributed by atoms with Crippen molar-refractivity contribution in [2.45, 2.75) is 6.42 Å². The first-order valence-electron chi connectivity index (χ1n) is 7.42. The van der Waals surface area contributed by atoms with E-state index in [1.807, 2.05) is 30.3 Å². The summed E-state index contributed by atoms with van der Waals surface area (Å²) in [5, 5.41) is 30.5. The molecule has 0 spiro atoms. The van der Waals surface area contributed by atoms with Crippen molar-refractivity contribution >= 4 is 12.2 Å². The molecule has 0 saturated heterocycles. The van der Waals surface area contributed by atoms with Crippen LogP contribution in [0.15, 0.2) is 58.4 Å². The molecule has 0 atom stereocenters. The third kappa shape index (κ3) is 4.20. The fourth-order valence-corrected chi connectivity index (χ4v) is 2.12. The standard InChI is InChI=1S/C17H15N5O3/c23-13-7-6-12(15(24)9-13)10-18-21-17-19-16(25)14(20-22-17)8-11-4-2-1-3-5-11/h1-7,9-10,23-24H,8H2,(H2,19,21,22,25)/b18-10-. The van der Waals surface area contributed by atoms with E-state index in [9.17, 15) is 15.0 Å². The van der Waals surface area contributed by atoms with Crippen molar-refractivity contribution in [3.8, 4) is 11.5 Å². The van der Waals surface area contributed by atoms with Gasteiger partial charge in [-0.2, -0.15) is 5.10 Å². The van der Waals surface area contributed by atoms with Crippen molar-refractivity contribution in [3.63, 3.8) is 0 Å². The van der Waals surface area contributed by atoms with Crippen LogP contribution in [0.5, 0.6) is 11.5 Å². The highest BCUT2D eigenvalue weighted by atomic mass is 16.3. The molecule has 0 saturated carbocycles. The Morgan fingerprint density at radius 2 is 1.92 bits per heavy atom. The monoisotopic (exact) mass is 337 g/mol. The molecule has 3 rings (SSSR count). The zero-order chi connectivity index (χ0) is 17.6. The normalized spacial score (nSPS) is 10.9. The van der Waals surface area contributed by atoms with Gasteiger partial charge >= 0.3 is 0 Å². The summed E-state index contributed by atoms with van der Waals surface area (Å²) >= 11 is 0. The zero-order valence-corrected chi connectivity index (χ0v) is 13.0. The fourth-order valence-electron chi connectivity index (χ4n) is 2.12. The van der Waals surface area contributed by atoms with E-state index in [0.29, 0.717) is 17.7 Å². The van der Waals surface area contributed by atoms with E-state index < -0.39 is 0 Å². The van der Waals surface area contributed by atoms with Gasteiger partial charge in [-0.05, 0) is 17.7 Å². The first-order chi connectivity index (χ1) is 12.1. The minimum absolute atomic E-state index is 0.0492. The average Bonchev–Trinajstić information content (AvgIpc) is 2.60. The van der Waals surface area contributed by atoms with Crippen molar-refractivity contribution in [1.29, 1.82) is 0 Å². The SMILES string of the molecule is O=c1[nH]c(N/N=C\c2ccc(O)cc2O)nnc1Cc1ccccc1. The Bertz CT molecular complexity index is 954. The third-order valence-electron chi connectivity index (χ3n) is 3.37. The molecule has 1 heterocycles. The van der Waals surface area contributed by atoms with Crippen molar-refractivity contribution in [2.75, 3.05) is 5.43 Å². The van der Waals surface area contributed by atoms with Crippen molar-refractivity contribution in [1.82, 2.24) is 15.2 Å². The van der Waals surface area contributed by atoms with E-state index >= 15 is 0 Å². The van der Waals surface area contributed by atoms with Gasteiger partial charge in [-0.1, -0.05) is 30.3 Å². The van der Waals surface area contributed by atoms with Gasteiger partial charge in [0.05, 0.1) is 6.21 Å². The highest BCUT2D eigenvalue weighted by molar-refractivity contribution is 5.84. The van der Waals surface area contributed by atoms with Crippen LogP contribution in [-0.4, -0.2) is 31.6 Å². The number of H-pyrrole nitrogens is 1. The highest BCUT2D eigenvalue weighted by Crippen LogP contribution is 2.20. The van der Waals surface area contributed by atoms with Gasteiger partial charge in [0.2, 0.25) is 5.95 Å². The molecule has 25 heavy (non-hydrogen) atoms. The lowest BCUT2D eigenvalue weighted by Gasteiger charge is -2.02. The lowest BCUT2D eigenvalue weighted by molar-refractivity contribution is 0.450. The second kappa shape index (κ2) is 7.26. The van der Waals surface area contributed by atoms with Crippen molar-refractivity contribution < 1.29 is 10.2 Å². The van der Waals surface area contributed by atoms with E-state index in [0.717, 1.165) is 5.56 Å². The number of hydrogen-bond donors (Lipinski definition) is 4. The minimum atomic E-state index is -0.357. The number of aromatic amines is 1. The third-order valence-corrected chi connectivity index (χ3v) is 3.37. The van der Waals surface area contributed by atoms with Gasteiger partial charge in [0.15, 0.2) is 0 Å². The maximum atomic E-state index is 12.1. The van der Waals surface area contributed by atoms with Crippen LogP contribution in [0.4, 0.5) is 5.95 Å². The lowest BCUT2D eigenvalue weighted by Crippen LogP contribution is -2.18. The van der Waals surface area contributed by atoms with Gasteiger partial charge in [-0.25, -0.2) is 5.43 Å². The Labute approximate surface area is 142 Å². The summed E-state index contributed by atoms with van der Waals surface area (Å²) < 4.78 is 0. The maximum absolute atomic E-state index is 12.1. The van der Waals surface area contributed by atoms with Crippen LogP contribution in [-0.2, 0) is 6.42 Å². The fraction of sp³-hybridized carbons (Fsp3) is 0.0588. The van der Waals surface area contributed by atoms with Crippen LogP contribution < -0.4 is 11.0 Å². The van der Waals surface area contributed by atoms with Gasteiger partial charge in [-0.3, -0.25) is 9.78 Å². The summed E-state index contributed by atoms with van der Waals surface area (Å²) in [5.74, 6) is -0.0912. The Hall–Kier alpha value is -3.68. The summed E-state index contributed by atoms with van der Waals surface area (Å²) in [6.07, 6.45) is 1.71. The number of hydrogen-bond acceptors (Lipinski definition) is 7. The smallest absolute Gasteiger partial charge is 0.274 e. The molecule has 1 aromatic heterocycles. The Morgan fingerprint density at radius 3 is 2.64 bits per heavy atom. The maximum Gasteiger partial charge on any atom is 0.274 e. The highest BCUT2D eigenvalue weighted by Gasteiger charge is 2.05. The average molecular weight is 337 g/mol. The molecule has 0 aliphatic carbocycles. The van der Waals surface area contributed by atoms with Gasteiger partial charge in [-0.15, -0.1) is 10.2 Å². The number of aromatic hydroxyl groups is 2. The van der Waals surface area contributed by atoms with E-state index in [2.05, 4.69) is 25.7 Å². The number of phenolic OH excluding ortho intramolecular Hbond substituents is 2. The van der Waals surface area contributed by atoms with Crippen LogP contribution in [0, 0.1) is 0 Å². The molecule has 0 aliphatic rings. The number of rotatable bonds is 5. The molecule has 3 aromatic rings. The quantitative estimate of drug-likeness (QED) is 0.414. The van der Waals surface area contributed by atoms with Gasteiger partial charge in [0.25, 0.3) is 5.56 Å². The summed E-state index contributed by atoms with van der Waals surface area (Å²) in [7, 11) is 0. The molecule has 0 radical (unpaired) electrons. The first kappa shape index (κ1) is 16.2. The Kier molecular flexibility index (Phi) is 4.70. The van der Waals surface area contributed by atoms with Gasteiger partial charge in [0, 0.05) is 18.1 Å². The number of nitrogens with zero attached hydrogens (tertiary/aromatic N) is 3. The minimum Gasteiger partial charge on any atom is -0.508 e. The van der Waals surface area contributed by atoms with Crippen LogP contribution >= 0.6 is 0 Å². The zero-order valence-electron chi connectivity index (χ0n) is 13.0. The summed E-state index contributed by atoms with van der Waals surface area (Å²) in [5.41, 5.74) is 3.83. The number of aromatic nitrogens is 3. The molecule has 2 aromatic carbocycles. The van der Waals surface area contributed by atoms with E-state index in [-0.39, 0.29) is 23.0 Å². The number of anilines is 1. The number of phenols is 2. The van der Waals surface area contributed by atoms with Crippen LogP contribution in [0.1, 0.15) is 16.8 Å². The Morgan fingerprint density at radius 1 is 1.12 bits per heavy atom. The van der Waals surface area contributed by atoms with Gasteiger partial charge < -0.3 is 10.2 Å². The van der Waals surface area contributed by atoms with Gasteiger partial charge in [0.1, 0.15) is 17.2 Å². The molecule has 0 unspecified atom stereocenters.